The number of likely N-dealkylation sites (tertiary alicyclic amines) is 1. The van der Waals surface area contributed by atoms with Crippen LogP contribution in [-0.4, -0.2) is 29.6 Å². The summed E-state index contributed by atoms with van der Waals surface area (Å²) in [6.07, 6.45) is 12.8. The Bertz CT molecular complexity index is 570. The van der Waals surface area contributed by atoms with Crippen LogP contribution in [0.5, 0.6) is 0 Å². The molecule has 1 saturated heterocycles. The van der Waals surface area contributed by atoms with E-state index >= 15 is 0 Å². The molecule has 1 unspecified atom stereocenters. The Morgan fingerprint density at radius 2 is 2.45 bits per heavy atom. The van der Waals surface area contributed by atoms with Gasteiger partial charge in [-0.2, -0.15) is 0 Å². The van der Waals surface area contributed by atoms with E-state index in [9.17, 15) is 0 Å². The summed E-state index contributed by atoms with van der Waals surface area (Å²) in [5.41, 5.74) is 9.09. The molecular formula is C15H20N4S. The number of nitrogens with zero attached hydrogens (tertiary/aromatic N) is 2. The quantitative estimate of drug-likeness (QED) is 0.894. The Hall–Kier alpha value is -1.43. The standard InChI is InChI=1S/C15H20N4S/c1-17-15-18-9-13(20-15)10-19-6-5-12(8-14(19)16)7-11-3-2-4-11/h2-4,7,9,14H,5-6,8,10,16H2,1H3,(H,17,18)/b12-7+. The normalized spacial score (nSPS) is 24.6. The van der Waals surface area contributed by atoms with Crippen molar-refractivity contribution in [3.8, 4) is 0 Å². The van der Waals surface area contributed by atoms with Gasteiger partial charge in [0.25, 0.3) is 0 Å². The minimum atomic E-state index is 0.111. The van der Waals surface area contributed by atoms with Crippen LogP contribution in [0.1, 0.15) is 17.7 Å². The molecule has 0 amide bonds. The number of allylic oxidation sites excluding steroid dienone is 5. The van der Waals surface area contributed by atoms with E-state index in [-0.39, 0.29) is 6.17 Å². The number of piperidine rings is 1. The maximum absolute atomic E-state index is 6.31. The fraction of sp³-hybridized carbons (Fsp3) is 0.400. The highest BCUT2D eigenvalue weighted by Gasteiger charge is 2.22. The van der Waals surface area contributed by atoms with Crippen molar-refractivity contribution < 1.29 is 0 Å². The summed E-state index contributed by atoms with van der Waals surface area (Å²) in [5, 5.41) is 4.04. The van der Waals surface area contributed by atoms with Gasteiger partial charge < -0.3 is 11.1 Å². The van der Waals surface area contributed by atoms with E-state index in [1.165, 1.54) is 16.0 Å². The van der Waals surface area contributed by atoms with Crippen LogP contribution in [0.25, 0.3) is 0 Å². The molecule has 0 saturated carbocycles. The van der Waals surface area contributed by atoms with Crippen LogP contribution in [0.3, 0.4) is 0 Å². The maximum atomic E-state index is 6.31. The average Bonchev–Trinajstić information content (AvgIpc) is 2.85. The average molecular weight is 288 g/mol. The Balaban J connectivity index is 1.58. The zero-order chi connectivity index (χ0) is 13.9. The first kappa shape index (κ1) is 13.5. The highest BCUT2D eigenvalue weighted by molar-refractivity contribution is 7.15. The lowest BCUT2D eigenvalue weighted by Crippen LogP contribution is -2.45. The zero-order valence-electron chi connectivity index (χ0n) is 11.7. The third-order valence-corrected chi connectivity index (χ3v) is 4.73. The summed E-state index contributed by atoms with van der Waals surface area (Å²) in [5.74, 6) is 0. The molecule has 3 N–H and O–H groups in total. The molecule has 3 rings (SSSR count). The van der Waals surface area contributed by atoms with E-state index in [4.69, 9.17) is 5.73 Å². The summed E-state index contributed by atoms with van der Waals surface area (Å²) < 4.78 is 0. The predicted molar refractivity (Wildman–Crippen MR) is 84.6 cm³/mol. The van der Waals surface area contributed by atoms with E-state index in [0.717, 1.165) is 31.1 Å². The summed E-state index contributed by atoms with van der Waals surface area (Å²) in [6.45, 7) is 1.92. The molecule has 1 aliphatic carbocycles. The molecule has 0 radical (unpaired) electrons. The van der Waals surface area contributed by atoms with Crippen molar-refractivity contribution in [2.45, 2.75) is 25.6 Å². The largest absolute Gasteiger partial charge is 0.365 e. The zero-order valence-corrected chi connectivity index (χ0v) is 12.5. The van der Waals surface area contributed by atoms with E-state index in [2.05, 4.69) is 39.5 Å². The van der Waals surface area contributed by atoms with Crippen LogP contribution in [0.2, 0.25) is 0 Å². The highest BCUT2D eigenvalue weighted by Crippen LogP contribution is 2.26. The van der Waals surface area contributed by atoms with Crippen molar-refractivity contribution in [2.24, 2.45) is 5.73 Å². The molecule has 1 atom stereocenters. The van der Waals surface area contributed by atoms with Crippen molar-refractivity contribution in [1.82, 2.24) is 9.88 Å². The lowest BCUT2D eigenvalue weighted by atomic mass is 9.96. The highest BCUT2D eigenvalue weighted by atomic mass is 32.1. The Kier molecular flexibility index (Phi) is 4.00. The molecule has 5 heteroatoms. The molecule has 0 aromatic carbocycles. The van der Waals surface area contributed by atoms with Gasteiger partial charge in [0.1, 0.15) is 0 Å². The summed E-state index contributed by atoms with van der Waals surface area (Å²) in [6, 6.07) is 0. The van der Waals surface area contributed by atoms with Gasteiger partial charge >= 0.3 is 0 Å². The number of thiazole rings is 1. The molecule has 20 heavy (non-hydrogen) atoms. The van der Waals surface area contributed by atoms with Crippen LogP contribution in [0, 0.1) is 0 Å². The van der Waals surface area contributed by atoms with Gasteiger partial charge in [0.15, 0.2) is 5.13 Å². The topological polar surface area (TPSA) is 54.2 Å². The summed E-state index contributed by atoms with van der Waals surface area (Å²) in [4.78, 5) is 7.92. The van der Waals surface area contributed by atoms with Gasteiger partial charge in [0.2, 0.25) is 0 Å². The molecule has 0 spiro atoms. The van der Waals surface area contributed by atoms with Crippen molar-refractivity contribution in [3.63, 3.8) is 0 Å². The third kappa shape index (κ3) is 3.00. The second kappa shape index (κ2) is 5.91. The predicted octanol–water partition coefficient (Wildman–Crippen LogP) is 2.49. The molecule has 0 bridgehead atoms. The molecule has 1 aromatic rings. The minimum absolute atomic E-state index is 0.111. The van der Waals surface area contributed by atoms with Crippen LogP contribution >= 0.6 is 11.3 Å². The molecule has 4 nitrogen and oxygen atoms in total. The fourth-order valence-electron chi connectivity index (χ4n) is 2.52. The molecule has 1 aliphatic heterocycles. The Labute approximate surface area is 123 Å². The van der Waals surface area contributed by atoms with Gasteiger partial charge in [0, 0.05) is 31.2 Å². The molecule has 2 heterocycles. The van der Waals surface area contributed by atoms with Crippen LogP contribution in [0.15, 0.2) is 41.6 Å². The van der Waals surface area contributed by atoms with E-state index in [1.54, 1.807) is 11.3 Å². The van der Waals surface area contributed by atoms with Crippen LogP contribution in [0.4, 0.5) is 5.13 Å². The first-order chi connectivity index (χ1) is 9.74. The summed E-state index contributed by atoms with van der Waals surface area (Å²) >= 11 is 1.70. The van der Waals surface area contributed by atoms with Gasteiger partial charge in [-0.05, 0) is 18.4 Å². The van der Waals surface area contributed by atoms with Crippen molar-refractivity contribution in [1.29, 1.82) is 0 Å². The van der Waals surface area contributed by atoms with Crippen LogP contribution in [-0.2, 0) is 6.54 Å². The Morgan fingerprint density at radius 3 is 3.05 bits per heavy atom. The summed E-state index contributed by atoms with van der Waals surface area (Å²) in [7, 11) is 1.90. The first-order valence-electron chi connectivity index (χ1n) is 6.94. The van der Waals surface area contributed by atoms with E-state index in [0.29, 0.717) is 0 Å². The number of anilines is 1. The molecular weight excluding hydrogens is 268 g/mol. The Morgan fingerprint density at radius 1 is 1.60 bits per heavy atom. The number of nitrogens with one attached hydrogen (secondary N) is 1. The van der Waals surface area contributed by atoms with E-state index in [1.807, 2.05) is 13.2 Å². The van der Waals surface area contributed by atoms with Crippen molar-refractivity contribution in [3.05, 3.63) is 46.5 Å². The van der Waals surface area contributed by atoms with Crippen molar-refractivity contribution in [2.75, 3.05) is 18.9 Å². The lowest BCUT2D eigenvalue weighted by Gasteiger charge is -2.34. The van der Waals surface area contributed by atoms with Gasteiger partial charge in [-0.15, -0.1) is 11.3 Å². The lowest BCUT2D eigenvalue weighted by molar-refractivity contribution is 0.170. The van der Waals surface area contributed by atoms with Crippen LogP contribution < -0.4 is 11.1 Å². The molecule has 1 aromatic heterocycles. The number of rotatable bonds is 4. The van der Waals surface area contributed by atoms with E-state index < -0.39 is 0 Å². The number of hydrogen-bond donors (Lipinski definition) is 2. The monoisotopic (exact) mass is 288 g/mol. The first-order valence-corrected chi connectivity index (χ1v) is 7.76. The molecule has 2 aliphatic rings. The SMILES string of the molecule is CNc1ncc(CN2CC/C(=C\C3=CC=C3)CC2N)s1. The number of nitrogens with two attached hydrogens (primary N) is 1. The van der Waals surface area contributed by atoms with Gasteiger partial charge in [-0.1, -0.05) is 29.9 Å². The number of aromatic nitrogens is 1. The third-order valence-electron chi connectivity index (χ3n) is 3.73. The molecule has 106 valence electrons. The molecule has 1 fully saturated rings. The number of hydrogen-bond acceptors (Lipinski definition) is 5. The van der Waals surface area contributed by atoms with Crippen molar-refractivity contribution >= 4 is 16.5 Å². The maximum Gasteiger partial charge on any atom is 0.182 e. The van der Waals surface area contributed by atoms with Gasteiger partial charge in [-0.3, -0.25) is 4.90 Å². The fourth-order valence-corrected chi connectivity index (χ4v) is 3.31. The second-order valence-electron chi connectivity index (χ2n) is 5.20. The second-order valence-corrected chi connectivity index (χ2v) is 6.32. The smallest absolute Gasteiger partial charge is 0.182 e. The van der Waals surface area contributed by atoms with Gasteiger partial charge in [-0.25, -0.2) is 4.98 Å². The minimum Gasteiger partial charge on any atom is -0.365 e. The van der Waals surface area contributed by atoms with Gasteiger partial charge in [0.05, 0.1) is 6.17 Å².